The summed E-state index contributed by atoms with van der Waals surface area (Å²) >= 11 is 0. The van der Waals surface area contributed by atoms with Crippen LogP contribution in [-0.4, -0.2) is 18.9 Å². The van der Waals surface area contributed by atoms with Crippen LogP contribution in [-0.2, 0) is 0 Å². The fourth-order valence-corrected chi connectivity index (χ4v) is 2.28. The molecule has 1 aliphatic heterocycles. The summed E-state index contributed by atoms with van der Waals surface area (Å²) in [6.45, 7) is 6.49. The van der Waals surface area contributed by atoms with Gasteiger partial charge in [-0.1, -0.05) is 13.0 Å². The molecule has 1 heterocycles. The van der Waals surface area contributed by atoms with Gasteiger partial charge in [-0.25, -0.2) is 0 Å². The maximum atomic E-state index is 7.61. The molecule has 0 saturated carbocycles. The lowest BCUT2D eigenvalue weighted by Gasteiger charge is -2.22. The summed E-state index contributed by atoms with van der Waals surface area (Å²) in [6.07, 6.45) is 1.23. The molecule has 1 aromatic rings. The van der Waals surface area contributed by atoms with Crippen molar-refractivity contribution in [2.75, 3.05) is 18.0 Å². The first kappa shape index (κ1) is 11.0. The zero-order chi connectivity index (χ0) is 11.7. The van der Waals surface area contributed by atoms with Crippen LogP contribution in [0.5, 0.6) is 0 Å². The van der Waals surface area contributed by atoms with Crippen LogP contribution in [0.2, 0.25) is 0 Å². The molecule has 0 aliphatic carbocycles. The second-order valence-electron chi connectivity index (χ2n) is 4.77. The molecule has 86 valence electrons. The smallest absolute Gasteiger partial charge is 0.124 e. The molecular formula is C13H19N3. The van der Waals surface area contributed by atoms with E-state index in [2.05, 4.69) is 24.8 Å². The Balaban J connectivity index is 2.37. The van der Waals surface area contributed by atoms with Crippen LogP contribution >= 0.6 is 0 Å². The molecule has 1 aromatic carbocycles. The predicted octanol–water partition coefficient (Wildman–Crippen LogP) is 2.13. The fraction of sp³-hybridized carbons (Fsp3) is 0.462. The zero-order valence-corrected chi connectivity index (χ0v) is 9.96. The van der Waals surface area contributed by atoms with Gasteiger partial charge < -0.3 is 10.6 Å². The summed E-state index contributed by atoms with van der Waals surface area (Å²) in [7, 11) is 0. The number of nitrogen functional groups attached to an aromatic ring is 1. The molecule has 3 heteroatoms. The first-order chi connectivity index (χ1) is 7.58. The van der Waals surface area contributed by atoms with E-state index in [0.29, 0.717) is 0 Å². The Labute approximate surface area is 96.8 Å². The average molecular weight is 217 g/mol. The number of nitrogens with two attached hydrogens (primary N) is 1. The zero-order valence-electron chi connectivity index (χ0n) is 9.96. The number of benzene rings is 1. The summed E-state index contributed by atoms with van der Waals surface area (Å²) in [6, 6.07) is 6.10. The second kappa shape index (κ2) is 4.16. The van der Waals surface area contributed by atoms with E-state index < -0.39 is 0 Å². The van der Waals surface area contributed by atoms with E-state index in [4.69, 9.17) is 11.1 Å². The molecule has 0 radical (unpaired) electrons. The molecule has 16 heavy (non-hydrogen) atoms. The standard InChI is InChI=1S/C13H19N3/c1-9-3-4-11(13(14)15)12(7-9)16-6-5-10(2)8-16/h3-4,7,10H,5-6,8H2,1-2H3,(H3,14,15). The van der Waals surface area contributed by atoms with Gasteiger partial charge in [0.05, 0.1) is 0 Å². The van der Waals surface area contributed by atoms with E-state index >= 15 is 0 Å². The van der Waals surface area contributed by atoms with Crippen LogP contribution < -0.4 is 10.6 Å². The van der Waals surface area contributed by atoms with Gasteiger partial charge in [0.25, 0.3) is 0 Å². The number of nitrogens with zero attached hydrogens (tertiary/aromatic N) is 1. The van der Waals surface area contributed by atoms with Gasteiger partial charge in [-0.3, -0.25) is 5.41 Å². The molecule has 1 saturated heterocycles. The van der Waals surface area contributed by atoms with Crippen molar-refractivity contribution >= 4 is 11.5 Å². The molecule has 0 spiro atoms. The summed E-state index contributed by atoms with van der Waals surface area (Å²) in [5.41, 5.74) is 8.83. The Morgan fingerprint density at radius 2 is 2.25 bits per heavy atom. The van der Waals surface area contributed by atoms with E-state index in [-0.39, 0.29) is 5.84 Å². The van der Waals surface area contributed by atoms with Gasteiger partial charge in [-0.2, -0.15) is 0 Å². The Bertz CT molecular complexity index is 412. The highest BCUT2D eigenvalue weighted by Crippen LogP contribution is 2.27. The van der Waals surface area contributed by atoms with Crippen LogP contribution in [0.4, 0.5) is 5.69 Å². The molecule has 3 nitrogen and oxygen atoms in total. The number of hydrogen-bond donors (Lipinski definition) is 2. The second-order valence-corrected chi connectivity index (χ2v) is 4.77. The molecule has 1 fully saturated rings. The van der Waals surface area contributed by atoms with E-state index in [1.807, 2.05) is 12.1 Å². The summed E-state index contributed by atoms with van der Waals surface area (Å²) in [5, 5.41) is 7.61. The molecule has 1 aliphatic rings. The molecule has 2 rings (SSSR count). The van der Waals surface area contributed by atoms with Gasteiger partial charge in [0.15, 0.2) is 0 Å². The molecule has 3 N–H and O–H groups in total. The third kappa shape index (κ3) is 2.03. The van der Waals surface area contributed by atoms with Crippen molar-refractivity contribution in [3.63, 3.8) is 0 Å². The summed E-state index contributed by atoms with van der Waals surface area (Å²) in [4.78, 5) is 2.34. The highest BCUT2D eigenvalue weighted by atomic mass is 15.2. The van der Waals surface area contributed by atoms with Gasteiger partial charge >= 0.3 is 0 Å². The quantitative estimate of drug-likeness (QED) is 0.589. The highest BCUT2D eigenvalue weighted by Gasteiger charge is 2.21. The third-order valence-electron chi connectivity index (χ3n) is 3.21. The number of aryl methyl sites for hydroxylation is 1. The summed E-state index contributed by atoms with van der Waals surface area (Å²) < 4.78 is 0. The Hall–Kier alpha value is -1.51. The monoisotopic (exact) mass is 217 g/mol. The van der Waals surface area contributed by atoms with Crippen molar-refractivity contribution in [3.05, 3.63) is 29.3 Å². The van der Waals surface area contributed by atoms with Crippen molar-refractivity contribution in [3.8, 4) is 0 Å². The minimum atomic E-state index is 0.162. The molecular weight excluding hydrogens is 198 g/mol. The first-order valence-electron chi connectivity index (χ1n) is 5.78. The topological polar surface area (TPSA) is 53.1 Å². The van der Waals surface area contributed by atoms with Crippen LogP contribution in [0.15, 0.2) is 18.2 Å². The molecule has 0 amide bonds. The molecule has 1 unspecified atom stereocenters. The van der Waals surface area contributed by atoms with Gasteiger partial charge in [-0.05, 0) is 37.0 Å². The van der Waals surface area contributed by atoms with E-state index in [1.165, 1.54) is 12.0 Å². The molecule has 0 aromatic heterocycles. The van der Waals surface area contributed by atoms with Gasteiger partial charge in [0.2, 0.25) is 0 Å². The minimum Gasteiger partial charge on any atom is -0.384 e. The van der Waals surface area contributed by atoms with E-state index in [1.54, 1.807) is 0 Å². The largest absolute Gasteiger partial charge is 0.384 e. The number of rotatable bonds is 2. The lowest BCUT2D eigenvalue weighted by atomic mass is 10.1. The number of hydrogen-bond acceptors (Lipinski definition) is 2. The van der Waals surface area contributed by atoms with E-state index in [0.717, 1.165) is 30.3 Å². The summed E-state index contributed by atoms with van der Waals surface area (Å²) in [5.74, 6) is 0.898. The number of anilines is 1. The van der Waals surface area contributed by atoms with Crippen molar-refractivity contribution in [1.82, 2.24) is 0 Å². The molecule has 1 atom stereocenters. The fourth-order valence-electron chi connectivity index (χ4n) is 2.28. The van der Waals surface area contributed by atoms with Crippen molar-refractivity contribution in [2.24, 2.45) is 11.7 Å². The SMILES string of the molecule is Cc1ccc(C(=N)N)c(N2CCC(C)C2)c1. The highest BCUT2D eigenvalue weighted by molar-refractivity contribution is 6.00. The van der Waals surface area contributed by atoms with Gasteiger partial charge in [-0.15, -0.1) is 0 Å². The Morgan fingerprint density at radius 1 is 1.50 bits per heavy atom. The van der Waals surface area contributed by atoms with Crippen LogP contribution in [0.3, 0.4) is 0 Å². The lowest BCUT2D eigenvalue weighted by Crippen LogP contribution is -2.24. The van der Waals surface area contributed by atoms with E-state index in [9.17, 15) is 0 Å². The maximum Gasteiger partial charge on any atom is 0.124 e. The van der Waals surface area contributed by atoms with Crippen molar-refractivity contribution in [1.29, 1.82) is 5.41 Å². The first-order valence-corrected chi connectivity index (χ1v) is 5.78. The molecule has 0 bridgehead atoms. The lowest BCUT2D eigenvalue weighted by molar-refractivity contribution is 0.659. The Morgan fingerprint density at radius 3 is 2.81 bits per heavy atom. The predicted molar refractivity (Wildman–Crippen MR) is 68.2 cm³/mol. The van der Waals surface area contributed by atoms with Crippen LogP contribution in [0.1, 0.15) is 24.5 Å². The van der Waals surface area contributed by atoms with Crippen LogP contribution in [0.25, 0.3) is 0 Å². The normalized spacial score (nSPS) is 20.1. The number of nitrogens with one attached hydrogen (secondary N) is 1. The van der Waals surface area contributed by atoms with Crippen molar-refractivity contribution in [2.45, 2.75) is 20.3 Å². The maximum absolute atomic E-state index is 7.61. The Kier molecular flexibility index (Phi) is 2.86. The van der Waals surface area contributed by atoms with Gasteiger partial charge in [0.1, 0.15) is 5.84 Å². The average Bonchev–Trinajstić information content (AvgIpc) is 2.64. The third-order valence-corrected chi connectivity index (χ3v) is 3.21. The van der Waals surface area contributed by atoms with Crippen molar-refractivity contribution < 1.29 is 0 Å². The minimum absolute atomic E-state index is 0.162. The van der Waals surface area contributed by atoms with Crippen LogP contribution in [0, 0.1) is 18.3 Å². The number of amidine groups is 1. The van der Waals surface area contributed by atoms with Gasteiger partial charge in [0, 0.05) is 24.3 Å².